The molecule has 0 heterocycles. The lowest BCUT2D eigenvalue weighted by Gasteiger charge is -2.38. The second-order valence-corrected chi connectivity index (χ2v) is 4.14. The summed E-state index contributed by atoms with van der Waals surface area (Å²) >= 11 is 0. The van der Waals surface area contributed by atoms with Crippen LogP contribution in [0, 0.1) is 10.1 Å². The average molecular weight is 280 g/mol. The molecule has 0 aliphatic heterocycles. The van der Waals surface area contributed by atoms with Crippen molar-refractivity contribution >= 4 is 0 Å². The lowest BCUT2D eigenvalue weighted by molar-refractivity contribution is -0.537. The van der Waals surface area contributed by atoms with Crippen molar-refractivity contribution in [1.82, 2.24) is 4.90 Å². The zero-order chi connectivity index (χ0) is 14.8. The van der Waals surface area contributed by atoms with E-state index in [1.807, 2.05) is 0 Å². The van der Waals surface area contributed by atoms with E-state index >= 15 is 0 Å². The van der Waals surface area contributed by atoms with Crippen LogP contribution in [-0.2, 0) is 0 Å². The molecule has 0 spiro atoms. The molecule has 0 saturated carbocycles. The molecule has 0 fully saturated rings. The molecule has 0 amide bonds. The zero-order valence-electron chi connectivity index (χ0n) is 10.5. The van der Waals surface area contributed by atoms with Crippen LogP contribution in [0.15, 0.2) is 23.8 Å². The first-order valence-corrected chi connectivity index (χ1v) is 5.76. The Labute approximate surface area is 108 Å². The summed E-state index contributed by atoms with van der Waals surface area (Å²) in [5.41, 5.74) is -3.16. The molecular formula is C11H15F3N2O3. The Morgan fingerprint density at radius 3 is 2.37 bits per heavy atom. The predicted octanol–water partition coefficient (Wildman–Crippen LogP) is 1.72. The molecule has 0 radical (unpaired) electrons. The van der Waals surface area contributed by atoms with Gasteiger partial charge in [-0.2, -0.15) is 13.2 Å². The molecule has 1 aliphatic rings. The fourth-order valence-corrected chi connectivity index (χ4v) is 2.09. The SMILES string of the molecule is CCN(CC)C1(O)C=CC(C(F)(F)F)=CC1[N+](=O)[O-]. The minimum atomic E-state index is -4.67. The molecule has 0 aromatic carbocycles. The molecule has 0 bridgehead atoms. The largest absolute Gasteiger partial charge is 0.416 e. The van der Waals surface area contributed by atoms with Gasteiger partial charge in [-0.3, -0.25) is 15.0 Å². The number of allylic oxidation sites excluding steroid dienone is 2. The number of hydrogen-bond acceptors (Lipinski definition) is 4. The van der Waals surface area contributed by atoms with Crippen molar-refractivity contribution in [3.8, 4) is 0 Å². The van der Waals surface area contributed by atoms with Crippen molar-refractivity contribution in [2.24, 2.45) is 0 Å². The van der Waals surface area contributed by atoms with Crippen molar-refractivity contribution in [1.29, 1.82) is 0 Å². The summed E-state index contributed by atoms with van der Waals surface area (Å²) in [4.78, 5) is 11.4. The minimum absolute atomic E-state index is 0.275. The van der Waals surface area contributed by atoms with E-state index in [0.717, 1.165) is 6.08 Å². The van der Waals surface area contributed by atoms with E-state index in [1.165, 1.54) is 4.90 Å². The third kappa shape index (κ3) is 2.95. The van der Waals surface area contributed by atoms with Crippen LogP contribution in [0.2, 0.25) is 0 Å². The van der Waals surface area contributed by atoms with Crippen molar-refractivity contribution in [2.45, 2.75) is 31.8 Å². The molecule has 1 aliphatic carbocycles. The first kappa shape index (κ1) is 15.6. The number of likely N-dealkylation sites (N-methyl/N-ethyl adjacent to an activating group) is 1. The van der Waals surface area contributed by atoms with Crippen molar-refractivity contribution in [2.75, 3.05) is 13.1 Å². The van der Waals surface area contributed by atoms with E-state index in [1.54, 1.807) is 13.8 Å². The maximum absolute atomic E-state index is 12.6. The fraction of sp³-hybridized carbons (Fsp3) is 0.636. The molecule has 0 aromatic rings. The molecule has 0 aromatic heterocycles. The topological polar surface area (TPSA) is 66.6 Å². The summed E-state index contributed by atoms with van der Waals surface area (Å²) in [6.07, 6.45) is -2.69. The van der Waals surface area contributed by atoms with Crippen LogP contribution in [0.4, 0.5) is 13.2 Å². The number of nitro groups is 1. The molecule has 2 unspecified atom stereocenters. The summed E-state index contributed by atoms with van der Waals surface area (Å²) < 4.78 is 37.7. The maximum atomic E-state index is 12.6. The molecule has 8 heteroatoms. The first-order chi connectivity index (χ1) is 8.66. The molecular weight excluding hydrogens is 265 g/mol. The maximum Gasteiger partial charge on any atom is 0.416 e. The second-order valence-electron chi connectivity index (χ2n) is 4.14. The van der Waals surface area contributed by atoms with Gasteiger partial charge >= 0.3 is 6.18 Å². The van der Waals surface area contributed by atoms with Crippen molar-refractivity contribution in [3.63, 3.8) is 0 Å². The molecule has 108 valence electrons. The van der Waals surface area contributed by atoms with Gasteiger partial charge in [0, 0.05) is 11.0 Å². The Bertz CT molecular complexity index is 416. The number of alkyl halides is 3. The van der Waals surface area contributed by atoms with Gasteiger partial charge in [0.25, 0.3) is 6.04 Å². The van der Waals surface area contributed by atoms with Gasteiger partial charge in [0.1, 0.15) is 0 Å². The summed E-state index contributed by atoms with van der Waals surface area (Å²) in [6.45, 7) is 3.87. The summed E-state index contributed by atoms with van der Waals surface area (Å²) in [7, 11) is 0. The number of hydrogen-bond donors (Lipinski definition) is 1. The highest BCUT2D eigenvalue weighted by Gasteiger charge is 2.50. The van der Waals surface area contributed by atoms with E-state index in [4.69, 9.17) is 0 Å². The third-order valence-corrected chi connectivity index (χ3v) is 3.11. The van der Waals surface area contributed by atoms with Gasteiger partial charge in [0.15, 0.2) is 0 Å². The Morgan fingerprint density at radius 1 is 1.47 bits per heavy atom. The van der Waals surface area contributed by atoms with E-state index in [2.05, 4.69) is 0 Å². The smallest absolute Gasteiger partial charge is 0.366 e. The number of halogens is 3. The van der Waals surface area contributed by atoms with Gasteiger partial charge in [-0.05, 0) is 25.2 Å². The van der Waals surface area contributed by atoms with Crippen LogP contribution in [0.1, 0.15) is 13.8 Å². The Balaban J connectivity index is 3.22. The standard InChI is InChI=1S/C11H15F3N2O3/c1-3-15(4-2)10(17)6-5-8(11(12,13)14)7-9(10)16(18)19/h5-7,9,17H,3-4H2,1-2H3. The molecule has 5 nitrogen and oxygen atoms in total. The normalized spacial score (nSPS) is 27.5. The first-order valence-electron chi connectivity index (χ1n) is 5.76. The fourth-order valence-electron chi connectivity index (χ4n) is 2.09. The highest BCUT2D eigenvalue weighted by Crippen LogP contribution is 2.34. The summed E-state index contributed by atoms with van der Waals surface area (Å²) in [5.74, 6) is 0. The van der Waals surface area contributed by atoms with Gasteiger partial charge < -0.3 is 5.11 Å². The van der Waals surface area contributed by atoms with Crippen molar-refractivity contribution < 1.29 is 23.2 Å². The molecule has 2 atom stereocenters. The highest BCUT2D eigenvalue weighted by atomic mass is 19.4. The second kappa shape index (κ2) is 5.30. The molecule has 1 N–H and O–H groups in total. The lowest BCUT2D eigenvalue weighted by atomic mass is 9.92. The molecule has 1 rings (SSSR count). The summed E-state index contributed by atoms with van der Waals surface area (Å²) in [6, 6.07) is -1.85. The zero-order valence-corrected chi connectivity index (χ0v) is 10.5. The average Bonchev–Trinajstić information content (AvgIpc) is 2.28. The number of nitrogens with zero attached hydrogens (tertiary/aromatic N) is 2. The van der Waals surface area contributed by atoms with Crippen LogP contribution in [0.5, 0.6) is 0 Å². The van der Waals surface area contributed by atoms with Gasteiger partial charge in [-0.25, -0.2) is 0 Å². The Kier molecular flexibility index (Phi) is 4.36. The Morgan fingerprint density at radius 2 is 2.00 bits per heavy atom. The van der Waals surface area contributed by atoms with Gasteiger partial charge in [-0.15, -0.1) is 0 Å². The molecule has 0 saturated heterocycles. The lowest BCUT2D eigenvalue weighted by Crippen LogP contribution is -2.58. The predicted molar refractivity (Wildman–Crippen MR) is 61.9 cm³/mol. The van der Waals surface area contributed by atoms with Crippen LogP contribution >= 0.6 is 0 Å². The minimum Gasteiger partial charge on any atom is -0.366 e. The monoisotopic (exact) mass is 280 g/mol. The van der Waals surface area contributed by atoms with E-state index in [-0.39, 0.29) is 13.1 Å². The van der Waals surface area contributed by atoms with E-state index in [0.29, 0.717) is 12.2 Å². The summed E-state index contributed by atoms with van der Waals surface area (Å²) in [5, 5.41) is 21.3. The van der Waals surface area contributed by atoms with E-state index in [9.17, 15) is 28.4 Å². The van der Waals surface area contributed by atoms with Gasteiger partial charge in [-0.1, -0.05) is 13.8 Å². The quantitative estimate of drug-likeness (QED) is 0.484. The van der Waals surface area contributed by atoms with Crippen LogP contribution in [0.3, 0.4) is 0 Å². The number of aliphatic hydroxyl groups is 1. The van der Waals surface area contributed by atoms with Crippen LogP contribution < -0.4 is 0 Å². The van der Waals surface area contributed by atoms with Crippen LogP contribution in [-0.4, -0.2) is 46.0 Å². The van der Waals surface area contributed by atoms with E-state index < -0.39 is 28.4 Å². The van der Waals surface area contributed by atoms with Gasteiger partial charge in [0.2, 0.25) is 5.72 Å². The van der Waals surface area contributed by atoms with Gasteiger partial charge in [0.05, 0.1) is 5.57 Å². The number of rotatable bonds is 4. The highest BCUT2D eigenvalue weighted by molar-refractivity contribution is 5.34. The Hall–Kier alpha value is -1.41. The van der Waals surface area contributed by atoms with Crippen molar-refractivity contribution in [3.05, 3.63) is 33.9 Å². The molecule has 19 heavy (non-hydrogen) atoms. The van der Waals surface area contributed by atoms with Crippen LogP contribution in [0.25, 0.3) is 0 Å². The third-order valence-electron chi connectivity index (χ3n) is 3.11.